The van der Waals surface area contributed by atoms with Crippen LogP contribution in [0, 0.1) is 5.41 Å². The Morgan fingerprint density at radius 1 is 0.978 bits per heavy atom. The summed E-state index contributed by atoms with van der Waals surface area (Å²) in [5.74, 6) is 1.54. The summed E-state index contributed by atoms with van der Waals surface area (Å²) in [5, 5.41) is 9.96. The SMILES string of the molecule is CC(C)(C)OC(=O)N1CCC[C@H]1c1nc2cc(-c3ccc(CCc4c[nH]c([C@@]5(C(C)(C)C)CCCN5C(=O)O)n4)cc3)ccc2[nH]1. The van der Waals surface area contributed by atoms with Crippen LogP contribution in [0.25, 0.3) is 22.2 Å². The van der Waals surface area contributed by atoms with Crippen LogP contribution in [0.2, 0.25) is 0 Å². The second-order valence-electron chi connectivity index (χ2n) is 14.8. The van der Waals surface area contributed by atoms with E-state index in [-0.39, 0.29) is 17.6 Å². The van der Waals surface area contributed by atoms with E-state index in [0.717, 1.165) is 78.0 Å². The molecule has 0 bridgehead atoms. The Kier molecular flexibility index (Phi) is 8.11. The third-order valence-corrected chi connectivity index (χ3v) is 9.53. The van der Waals surface area contributed by atoms with Crippen LogP contribution >= 0.6 is 0 Å². The summed E-state index contributed by atoms with van der Waals surface area (Å²) in [6, 6.07) is 14.7. The number of nitrogens with one attached hydrogen (secondary N) is 2. The lowest BCUT2D eigenvalue weighted by molar-refractivity contribution is 0.0213. The van der Waals surface area contributed by atoms with Gasteiger partial charge in [0.05, 0.1) is 22.8 Å². The number of aromatic nitrogens is 4. The lowest BCUT2D eigenvalue weighted by atomic mass is 9.71. The number of amides is 2. The fraction of sp³-hybridized carbons (Fsp3) is 0.500. The van der Waals surface area contributed by atoms with Gasteiger partial charge < -0.3 is 19.8 Å². The number of benzene rings is 2. The largest absolute Gasteiger partial charge is 0.465 e. The highest BCUT2D eigenvalue weighted by Crippen LogP contribution is 2.50. The highest BCUT2D eigenvalue weighted by molar-refractivity contribution is 5.82. The molecule has 2 aromatic carbocycles. The maximum Gasteiger partial charge on any atom is 0.410 e. The molecule has 6 rings (SSSR count). The Hall–Kier alpha value is -4.34. The van der Waals surface area contributed by atoms with Gasteiger partial charge >= 0.3 is 12.2 Å². The summed E-state index contributed by atoms with van der Waals surface area (Å²) < 4.78 is 5.65. The van der Waals surface area contributed by atoms with Crippen LogP contribution in [0.3, 0.4) is 0 Å². The molecule has 2 aliphatic rings. The number of likely N-dealkylation sites (tertiary alicyclic amines) is 2. The summed E-state index contributed by atoms with van der Waals surface area (Å²) in [6.45, 7) is 13.1. The number of carbonyl (C=O) groups is 2. The highest BCUT2D eigenvalue weighted by Gasteiger charge is 2.55. The zero-order chi connectivity index (χ0) is 32.9. The number of rotatable bonds is 6. The monoisotopic (exact) mass is 626 g/mol. The summed E-state index contributed by atoms with van der Waals surface area (Å²) >= 11 is 0. The van der Waals surface area contributed by atoms with E-state index < -0.39 is 17.2 Å². The number of hydrogen-bond donors (Lipinski definition) is 3. The maximum atomic E-state index is 12.8. The van der Waals surface area contributed by atoms with Crippen LogP contribution in [-0.2, 0) is 23.1 Å². The van der Waals surface area contributed by atoms with Crippen LogP contribution in [0.15, 0.2) is 48.7 Å². The molecule has 3 N–H and O–H groups in total. The normalized spacial score (nSPS) is 20.5. The van der Waals surface area contributed by atoms with Gasteiger partial charge in [0.1, 0.15) is 22.8 Å². The molecule has 4 aromatic rings. The molecule has 10 heteroatoms. The Balaban J connectivity index is 1.13. The third-order valence-electron chi connectivity index (χ3n) is 9.53. The van der Waals surface area contributed by atoms with Crippen molar-refractivity contribution < 1.29 is 19.4 Å². The number of fused-ring (bicyclic) bond motifs is 1. The van der Waals surface area contributed by atoms with Crippen LogP contribution in [0.1, 0.15) is 96.2 Å². The molecule has 244 valence electrons. The Morgan fingerprint density at radius 3 is 2.41 bits per heavy atom. The molecule has 10 nitrogen and oxygen atoms in total. The van der Waals surface area contributed by atoms with E-state index in [1.807, 2.05) is 27.0 Å². The second-order valence-corrected chi connectivity index (χ2v) is 14.8. The van der Waals surface area contributed by atoms with Gasteiger partial charge in [0, 0.05) is 19.3 Å². The van der Waals surface area contributed by atoms with Gasteiger partial charge in [-0.1, -0.05) is 51.1 Å². The van der Waals surface area contributed by atoms with Crippen LogP contribution < -0.4 is 0 Å². The standard InChI is InChI=1S/C36H46N6O4/c1-34(2,3)36(18-8-20-42(36)32(43)44)31-37-22-26(38-31)16-12-23-10-13-24(14-11-23)25-15-17-27-28(21-25)40-30(39-27)29-9-7-19-41(29)33(45)46-35(4,5)6/h10-11,13-15,17,21-22,29H,7-9,12,16,18-20H2,1-6H3,(H,37,38)(H,39,40)(H,43,44)/t29-,36+/m0/s1. The number of aromatic amines is 2. The third kappa shape index (κ3) is 5.97. The number of carbonyl (C=O) groups excluding carboxylic acids is 1. The maximum absolute atomic E-state index is 12.8. The Bertz CT molecular complexity index is 1730. The molecular formula is C36H46N6O4. The van der Waals surface area contributed by atoms with Crippen molar-refractivity contribution in [2.45, 2.75) is 97.2 Å². The first-order chi connectivity index (χ1) is 21.7. The van der Waals surface area contributed by atoms with E-state index >= 15 is 0 Å². The number of carboxylic acid groups (broad SMARTS) is 1. The molecule has 0 saturated carbocycles. The van der Waals surface area contributed by atoms with Crippen molar-refractivity contribution in [3.8, 4) is 11.1 Å². The molecule has 46 heavy (non-hydrogen) atoms. The minimum Gasteiger partial charge on any atom is -0.465 e. The summed E-state index contributed by atoms with van der Waals surface area (Å²) in [7, 11) is 0. The number of aryl methyl sites for hydroxylation is 2. The zero-order valence-electron chi connectivity index (χ0n) is 27.8. The summed E-state index contributed by atoms with van der Waals surface area (Å²) in [4.78, 5) is 45.0. The lowest BCUT2D eigenvalue weighted by Crippen LogP contribution is -2.53. The first kappa shape index (κ1) is 31.6. The molecule has 0 radical (unpaired) electrons. The molecular weight excluding hydrogens is 580 g/mol. The average molecular weight is 627 g/mol. The molecule has 2 atom stereocenters. The first-order valence-electron chi connectivity index (χ1n) is 16.4. The van der Waals surface area contributed by atoms with Gasteiger partial charge in [-0.25, -0.2) is 19.6 Å². The molecule has 2 saturated heterocycles. The molecule has 0 spiro atoms. The van der Waals surface area contributed by atoms with Gasteiger partial charge in [-0.3, -0.25) is 9.80 Å². The van der Waals surface area contributed by atoms with Crippen molar-refractivity contribution in [3.05, 3.63) is 71.6 Å². The Labute approximate surface area is 270 Å². The van der Waals surface area contributed by atoms with E-state index in [1.165, 1.54) is 5.56 Å². The van der Waals surface area contributed by atoms with Gasteiger partial charge in [0.2, 0.25) is 0 Å². The van der Waals surface area contributed by atoms with Crippen molar-refractivity contribution in [2.75, 3.05) is 13.1 Å². The fourth-order valence-corrected chi connectivity index (χ4v) is 7.25. The van der Waals surface area contributed by atoms with Crippen LogP contribution in [-0.4, -0.2) is 65.7 Å². The van der Waals surface area contributed by atoms with Gasteiger partial charge in [-0.15, -0.1) is 0 Å². The number of nitrogens with zero attached hydrogens (tertiary/aromatic N) is 4. The van der Waals surface area contributed by atoms with E-state index in [0.29, 0.717) is 13.1 Å². The minimum atomic E-state index is -0.893. The lowest BCUT2D eigenvalue weighted by Gasteiger charge is -2.45. The first-order valence-corrected chi connectivity index (χ1v) is 16.4. The van der Waals surface area contributed by atoms with Crippen LogP contribution in [0.4, 0.5) is 9.59 Å². The smallest absolute Gasteiger partial charge is 0.410 e. The molecule has 2 aliphatic heterocycles. The second kappa shape index (κ2) is 11.8. The minimum absolute atomic E-state index is 0.121. The number of H-pyrrole nitrogens is 2. The molecule has 4 heterocycles. The zero-order valence-corrected chi connectivity index (χ0v) is 27.8. The number of hydrogen-bond acceptors (Lipinski definition) is 5. The van der Waals surface area contributed by atoms with Crippen molar-refractivity contribution in [3.63, 3.8) is 0 Å². The number of imidazole rings is 2. The average Bonchev–Trinajstić information content (AvgIpc) is 3.79. The van der Waals surface area contributed by atoms with Crippen molar-refractivity contribution in [2.24, 2.45) is 5.41 Å². The topological polar surface area (TPSA) is 127 Å². The highest BCUT2D eigenvalue weighted by atomic mass is 16.6. The molecule has 0 aliphatic carbocycles. The van der Waals surface area contributed by atoms with Gasteiger partial charge in [0.25, 0.3) is 0 Å². The van der Waals surface area contributed by atoms with Gasteiger partial charge in [-0.05, 0) is 93.5 Å². The van der Waals surface area contributed by atoms with Crippen molar-refractivity contribution in [1.82, 2.24) is 29.7 Å². The van der Waals surface area contributed by atoms with Gasteiger partial charge in [-0.2, -0.15) is 0 Å². The molecule has 2 amide bonds. The number of ether oxygens (including phenoxy) is 1. The van der Waals surface area contributed by atoms with Crippen molar-refractivity contribution in [1.29, 1.82) is 0 Å². The van der Waals surface area contributed by atoms with E-state index in [1.54, 1.807) is 9.80 Å². The molecule has 2 fully saturated rings. The van der Waals surface area contributed by atoms with E-state index in [9.17, 15) is 14.7 Å². The van der Waals surface area contributed by atoms with E-state index in [4.69, 9.17) is 14.7 Å². The quantitative estimate of drug-likeness (QED) is 0.200. The summed E-state index contributed by atoms with van der Waals surface area (Å²) in [6.07, 6.45) is 5.68. The predicted molar refractivity (Wildman–Crippen MR) is 178 cm³/mol. The van der Waals surface area contributed by atoms with Gasteiger partial charge in [0.15, 0.2) is 0 Å². The van der Waals surface area contributed by atoms with E-state index in [2.05, 4.69) is 73.2 Å². The fourth-order valence-electron chi connectivity index (χ4n) is 7.25. The van der Waals surface area contributed by atoms with Crippen LogP contribution in [0.5, 0.6) is 0 Å². The Morgan fingerprint density at radius 2 is 1.72 bits per heavy atom. The predicted octanol–water partition coefficient (Wildman–Crippen LogP) is 7.83. The molecule has 0 unspecified atom stereocenters. The van der Waals surface area contributed by atoms with Crippen molar-refractivity contribution >= 4 is 23.2 Å². The molecule has 2 aromatic heterocycles. The summed E-state index contributed by atoms with van der Waals surface area (Å²) in [5.41, 5.74) is 4.65.